The molecule has 1 aromatic carbocycles. The molecule has 0 bridgehead atoms. The molecule has 5 heteroatoms. The van der Waals surface area contributed by atoms with Crippen LogP contribution in [0.25, 0.3) is 10.9 Å². The second-order valence-electron chi connectivity index (χ2n) is 5.55. The van der Waals surface area contributed by atoms with Gasteiger partial charge in [0.05, 0.1) is 17.5 Å². The number of nitrogens with zero attached hydrogens (tertiary/aromatic N) is 3. The summed E-state index contributed by atoms with van der Waals surface area (Å²) in [6.45, 7) is 4.77. The van der Waals surface area contributed by atoms with Gasteiger partial charge >= 0.3 is 0 Å². The first kappa shape index (κ1) is 16.1. The zero-order valence-corrected chi connectivity index (χ0v) is 13.9. The van der Waals surface area contributed by atoms with E-state index in [1.54, 1.807) is 0 Å². The Morgan fingerprint density at radius 2 is 2.10 bits per heavy atom. The molecular weight excluding hydrogens is 286 g/mol. The molecule has 0 radical (unpaired) electrons. The van der Waals surface area contributed by atoms with E-state index in [0.29, 0.717) is 12.5 Å². The normalized spacial score (nSPS) is 11.5. The minimum atomic E-state index is 0.671. The lowest BCUT2D eigenvalue weighted by Crippen LogP contribution is -2.15. The molecule has 2 rings (SSSR count). The maximum absolute atomic E-state index is 6.11. The molecule has 0 aliphatic heterocycles. The zero-order chi connectivity index (χ0) is 15.2. The third kappa shape index (κ3) is 4.35. The van der Waals surface area contributed by atoms with Crippen LogP contribution in [0.5, 0.6) is 5.88 Å². The molecule has 0 atom stereocenters. The lowest BCUT2D eigenvalue weighted by Gasteiger charge is -2.09. The van der Waals surface area contributed by atoms with Crippen molar-refractivity contribution >= 4 is 22.5 Å². The number of rotatable bonds is 8. The second-order valence-corrected chi connectivity index (χ2v) is 5.99. The fraction of sp³-hybridized carbons (Fsp3) is 0.562. The minimum Gasteiger partial charge on any atom is -0.476 e. The van der Waals surface area contributed by atoms with Crippen LogP contribution in [0.3, 0.4) is 0 Å². The molecule has 0 aliphatic carbocycles. The highest BCUT2D eigenvalue weighted by Crippen LogP contribution is 2.28. The van der Waals surface area contributed by atoms with Crippen LogP contribution >= 0.6 is 11.6 Å². The van der Waals surface area contributed by atoms with Crippen molar-refractivity contribution in [1.82, 2.24) is 14.7 Å². The third-order valence-corrected chi connectivity index (χ3v) is 3.63. The Kier molecular flexibility index (Phi) is 5.88. The van der Waals surface area contributed by atoms with Gasteiger partial charge in [-0.2, -0.15) is 0 Å². The van der Waals surface area contributed by atoms with Crippen molar-refractivity contribution in [2.45, 2.75) is 32.7 Å². The Morgan fingerprint density at radius 1 is 1.29 bits per heavy atom. The highest BCUT2D eigenvalue weighted by atomic mass is 35.5. The SMILES string of the molecule is CCCCn1nc(OCCCN(C)C)c2cc(Cl)ccc21. The number of hydrogen-bond acceptors (Lipinski definition) is 3. The van der Waals surface area contributed by atoms with Crippen molar-refractivity contribution in [3.63, 3.8) is 0 Å². The van der Waals surface area contributed by atoms with Crippen molar-refractivity contribution in [3.8, 4) is 5.88 Å². The molecule has 21 heavy (non-hydrogen) atoms. The van der Waals surface area contributed by atoms with Gasteiger partial charge in [0.25, 0.3) is 0 Å². The predicted molar refractivity (Wildman–Crippen MR) is 88.3 cm³/mol. The molecule has 0 fully saturated rings. The highest BCUT2D eigenvalue weighted by Gasteiger charge is 2.12. The molecular formula is C16H24ClN3O. The van der Waals surface area contributed by atoms with Gasteiger partial charge in [-0.3, -0.25) is 4.68 Å². The Hall–Kier alpha value is -1.26. The van der Waals surface area contributed by atoms with Gasteiger partial charge in [0.2, 0.25) is 5.88 Å². The van der Waals surface area contributed by atoms with Gasteiger partial charge in [0.15, 0.2) is 0 Å². The van der Waals surface area contributed by atoms with Crippen LogP contribution in [-0.4, -0.2) is 41.9 Å². The molecule has 0 N–H and O–H groups in total. The Morgan fingerprint density at radius 3 is 2.81 bits per heavy atom. The fourth-order valence-electron chi connectivity index (χ4n) is 2.26. The number of hydrogen-bond donors (Lipinski definition) is 0. The summed E-state index contributed by atoms with van der Waals surface area (Å²) in [5, 5.41) is 6.33. The number of aryl methyl sites for hydroxylation is 1. The molecule has 0 amide bonds. The van der Waals surface area contributed by atoms with Crippen LogP contribution in [0.15, 0.2) is 18.2 Å². The molecule has 2 aromatic rings. The van der Waals surface area contributed by atoms with Crippen molar-refractivity contribution < 1.29 is 4.74 Å². The van der Waals surface area contributed by atoms with Crippen LogP contribution in [-0.2, 0) is 6.54 Å². The monoisotopic (exact) mass is 309 g/mol. The van der Waals surface area contributed by atoms with E-state index >= 15 is 0 Å². The van der Waals surface area contributed by atoms with Gasteiger partial charge in [0.1, 0.15) is 0 Å². The number of benzene rings is 1. The van der Waals surface area contributed by atoms with Gasteiger partial charge < -0.3 is 9.64 Å². The summed E-state index contributed by atoms with van der Waals surface area (Å²) in [5.41, 5.74) is 1.09. The average Bonchev–Trinajstić information content (AvgIpc) is 2.78. The zero-order valence-electron chi connectivity index (χ0n) is 13.1. The number of aromatic nitrogens is 2. The average molecular weight is 310 g/mol. The highest BCUT2D eigenvalue weighted by molar-refractivity contribution is 6.31. The molecule has 0 saturated heterocycles. The summed E-state index contributed by atoms with van der Waals surface area (Å²) in [6, 6.07) is 5.87. The fourth-order valence-corrected chi connectivity index (χ4v) is 2.43. The van der Waals surface area contributed by atoms with Crippen LogP contribution in [0.2, 0.25) is 5.02 Å². The third-order valence-electron chi connectivity index (χ3n) is 3.39. The summed E-state index contributed by atoms with van der Waals surface area (Å²) in [6.07, 6.45) is 3.24. The number of unbranched alkanes of at least 4 members (excludes halogenated alkanes) is 1. The van der Waals surface area contributed by atoms with Crippen molar-refractivity contribution in [2.75, 3.05) is 27.2 Å². The molecule has 116 valence electrons. The molecule has 0 saturated carbocycles. The summed E-state index contributed by atoms with van der Waals surface area (Å²) in [7, 11) is 4.13. The van der Waals surface area contributed by atoms with E-state index in [-0.39, 0.29) is 0 Å². The Balaban J connectivity index is 2.15. The maximum Gasteiger partial charge on any atom is 0.240 e. The van der Waals surface area contributed by atoms with Crippen LogP contribution in [0.1, 0.15) is 26.2 Å². The first-order chi connectivity index (χ1) is 10.1. The van der Waals surface area contributed by atoms with E-state index in [1.807, 2.05) is 22.9 Å². The molecule has 0 aliphatic rings. The summed E-state index contributed by atoms with van der Waals surface area (Å²) in [4.78, 5) is 2.15. The number of halogens is 1. The van der Waals surface area contributed by atoms with E-state index in [1.165, 1.54) is 0 Å². The quantitative estimate of drug-likeness (QED) is 0.694. The molecule has 1 aromatic heterocycles. The first-order valence-electron chi connectivity index (χ1n) is 7.55. The van der Waals surface area contributed by atoms with Crippen LogP contribution < -0.4 is 4.74 Å². The van der Waals surface area contributed by atoms with E-state index in [0.717, 1.165) is 48.3 Å². The first-order valence-corrected chi connectivity index (χ1v) is 7.93. The van der Waals surface area contributed by atoms with Crippen LogP contribution in [0.4, 0.5) is 0 Å². The van der Waals surface area contributed by atoms with Gasteiger partial charge in [-0.25, -0.2) is 0 Å². The van der Waals surface area contributed by atoms with Gasteiger partial charge in [-0.15, -0.1) is 5.10 Å². The van der Waals surface area contributed by atoms with E-state index in [9.17, 15) is 0 Å². The Bertz CT molecular complexity index is 580. The van der Waals surface area contributed by atoms with E-state index < -0.39 is 0 Å². The van der Waals surface area contributed by atoms with Crippen LogP contribution in [0, 0.1) is 0 Å². The lowest BCUT2D eigenvalue weighted by molar-refractivity contribution is 0.272. The topological polar surface area (TPSA) is 30.3 Å². The number of fused-ring (bicyclic) bond motifs is 1. The van der Waals surface area contributed by atoms with Crippen molar-refractivity contribution in [3.05, 3.63) is 23.2 Å². The molecule has 0 unspecified atom stereocenters. The molecule has 4 nitrogen and oxygen atoms in total. The smallest absolute Gasteiger partial charge is 0.240 e. The van der Waals surface area contributed by atoms with Crippen molar-refractivity contribution in [2.24, 2.45) is 0 Å². The Labute approximate surface area is 131 Å². The number of ether oxygens (including phenoxy) is 1. The van der Waals surface area contributed by atoms with E-state index in [2.05, 4.69) is 31.0 Å². The minimum absolute atomic E-state index is 0.671. The summed E-state index contributed by atoms with van der Waals surface area (Å²) < 4.78 is 7.89. The molecule has 1 heterocycles. The van der Waals surface area contributed by atoms with Crippen molar-refractivity contribution in [1.29, 1.82) is 0 Å². The lowest BCUT2D eigenvalue weighted by atomic mass is 10.2. The predicted octanol–water partition coefficient (Wildman–Crippen LogP) is 3.82. The summed E-state index contributed by atoms with van der Waals surface area (Å²) in [5.74, 6) is 0.697. The largest absolute Gasteiger partial charge is 0.476 e. The van der Waals surface area contributed by atoms with Gasteiger partial charge in [-0.1, -0.05) is 24.9 Å². The summed E-state index contributed by atoms with van der Waals surface area (Å²) >= 11 is 6.11. The standard InChI is InChI=1S/C16H24ClN3O/c1-4-5-10-20-15-8-7-13(17)12-14(15)16(18-20)21-11-6-9-19(2)3/h7-8,12H,4-6,9-11H2,1-3H3. The second kappa shape index (κ2) is 7.66. The molecule has 0 spiro atoms. The maximum atomic E-state index is 6.11. The van der Waals surface area contributed by atoms with Gasteiger partial charge in [-0.05, 0) is 45.1 Å². The van der Waals surface area contributed by atoms with E-state index in [4.69, 9.17) is 16.3 Å². The van der Waals surface area contributed by atoms with Gasteiger partial charge in [0, 0.05) is 18.1 Å².